The number of carbonyl (C=O) groups excluding carboxylic acids is 3. The topological polar surface area (TPSA) is 105 Å². The minimum Gasteiger partial charge on any atom is -0.489 e. The molecule has 3 aliphatic heterocycles. The Kier molecular flexibility index (Phi) is 5.72. The highest BCUT2D eigenvalue weighted by molar-refractivity contribution is 6.05. The zero-order valence-electron chi connectivity index (χ0n) is 19.6. The van der Waals surface area contributed by atoms with Gasteiger partial charge in [-0.15, -0.1) is 0 Å². The Morgan fingerprint density at radius 1 is 1.03 bits per heavy atom. The summed E-state index contributed by atoms with van der Waals surface area (Å²) in [5, 5.41) is 10.6. The second-order valence-electron chi connectivity index (χ2n) is 10.0. The molecule has 1 aliphatic carbocycles. The molecule has 1 unspecified atom stereocenters. The fraction of sp³-hybridized carbons (Fsp3) is 0.500. The van der Waals surface area contributed by atoms with Crippen molar-refractivity contribution in [3.8, 4) is 5.75 Å². The second kappa shape index (κ2) is 9.03. The first-order valence-electron chi connectivity index (χ1n) is 12.5. The van der Waals surface area contributed by atoms with Crippen molar-refractivity contribution >= 4 is 17.7 Å². The first kappa shape index (κ1) is 22.2. The van der Waals surface area contributed by atoms with Gasteiger partial charge in [-0.25, -0.2) is 0 Å². The number of carbonyl (C=O) groups is 3. The Bertz CT molecular complexity index is 1150. The summed E-state index contributed by atoms with van der Waals surface area (Å²) >= 11 is 0. The highest BCUT2D eigenvalue weighted by atomic mass is 16.5. The normalized spacial score (nSPS) is 27.4. The summed E-state index contributed by atoms with van der Waals surface area (Å²) in [5.74, 6) is 0.365. The average Bonchev–Trinajstić information content (AvgIpc) is 3.15. The molecule has 182 valence electrons. The van der Waals surface area contributed by atoms with E-state index < -0.39 is 11.9 Å². The molecule has 4 heterocycles. The molecule has 35 heavy (non-hydrogen) atoms. The van der Waals surface area contributed by atoms with Crippen LogP contribution in [0, 0.1) is 0 Å². The van der Waals surface area contributed by atoms with Gasteiger partial charge in [0, 0.05) is 49.8 Å². The van der Waals surface area contributed by atoms with Gasteiger partial charge in [0.15, 0.2) is 0 Å². The molecule has 9 heteroatoms. The summed E-state index contributed by atoms with van der Waals surface area (Å²) in [4.78, 5) is 40.8. The zero-order chi connectivity index (χ0) is 23.9. The van der Waals surface area contributed by atoms with Crippen LogP contribution in [0.25, 0.3) is 0 Å². The Labute approximate surface area is 203 Å². The fourth-order valence-electron chi connectivity index (χ4n) is 5.93. The summed E-state index contributed by atoms with van der Waals surface area (Å²) in [6, 6.07) is 9.38. The number of piperidine rings is 1. The molecule has 9 nitrogen and oxygen atoms in total. The number of aromatic nitrogens is 2. The number of hydrogen-bond acceptors (Lipinski definition) is 7. The van der Waals surface area contributed by atoms with Crippen LogP contribution in [-0.4, -0.2) is 69.0 Å². The maximum atomic E-state index is 13.0. The molecule has 6 rings (SSSR count). The van der Waals surface area contributed by atoms with Gasteiger partial charge >= 0.3 is 0 Å². The maximum absolute atomic E-state index is 13.0. The number of fused-ring (bicyclic) bond motifs is 1. The van der Waals surface area contributed by atoms with Gasteiger partial charge in [-0.3, -0.25) is 24.6 Å². The van der Waals surface area contributed by atoms with E-state index >= 15 is 0 Å². The molecule has 3 amide bonds. The van der Waals surface area contributed by atoms with Crippen molar-refractivity contribution in [3.05, 3.63) is 53.3 Å². The third kappa shape index (κ3) is 4.18. The molecular weight excluding hydrogens is 446 g/mol. The molecule has 1 aromatic heterocycles. The molecule has 0 spiro atoms. The van der Waals surface area contributed by atoms with Crippen LogP contribution in [0.1, 0.15) is 66.1 Å². The summed E-state index contributed by atoms with van der Waals surface area (Å²) in [5.41, 5.74) is 2.54. The molecular formula is C26H29N5O4. The van der Waals surface area contributed by atoms with E-state index in [2.05, 4.69) is 20.4 Å². The van der Waals surface area contributed by atoms with E-state index in [1.165, 1.54) is 6.42 Å². The average molecular weight is 476 g/mol. The number of nitrogens with zero attached hydrogens (tertiary/aromatic N) is 4. The van der Waals surface area contributed by atoms with E-state index in [0.29, 0.717) is 30.5 Å². The molecule has 1 N–H and O–H groups in total. The molecule has 4 aliphatic rings. The van der Waals surface area contributed by atoms with Crippen molar-refractivity contribution in [1.29, 1.82) is 0 Å². The Hall–Kier alpha value is -3.33. The van der Waals surface area contributed by atoms with Crippen LogP contribution >= 0.6 is 0 Å². The largest absolute Gasteiger partial charge is 0.489 e. The molecule has 2 saturated heterocycles. The monoisotopic (exact) mass is 475 g/mol. The van der Waals surface area contributed by atoms with Crippen LogP contribution in [0.15, 0.2) is 36.5 Å². The van der Waals surface area contributed by atoms with Crippen molar-refractivity contribution in [2.24, 2.45) is 0 Å². The van der Waals surface area contributed by atoms with Crippen LogP contribution in [-0.2, 0) is 16.1 Å². The van der Waals surface area contributed by atoms with Gasteiger partial charge in [0.1, 0.15) is 17.9 Å². The first-order chi connectivity index (χ1) is 17.1. The van der Waals surface area contributed by atoms with Crippen molar-refractivity contribution in [2.45, 2.75) is 69.2 Å². The highest BCUT2D eigenvalue weighted by Gasteiger charge is 2.41. The van der Waals surface area contributed by atoms with Gasteiger partial charge in [0.2, 0.25) is 11.8 Å². The fourth-order valence-corrected chi connectivity index (χ4v) is 5.93. The first-order valence-corrected chi connectivity index (χ1v) is 12.5. The lowest BCUT2D eigenvalue weighted by atomic mass is 9.86. The van der Waals surface area contributed by atoms with Crippen molar-refractivity contribution in [3.63, 3.8) is 0 Å². The van der Waals surface area contributed by atoms with E-state index in [-0.39, 0.29) is 24.3 Å². The lowest BCUT2D eigenvalue weighted by Crippen LogP contribution is -2.57. The molecule has 0 radical (unpaired) electrons. The van der Waals surface area contributed by atoms with Crippen molar-refractivity contribution < 1.29 is 19.1 Å². The Morgan fingerprint density at radius 2 is 1.89 bits per heavy atom. The predicted octanol–water partition coefficient (Wildman–Crippen LogP) is 2.03. The predicted molar refractivity (Wildman–Crippen MR) is 126 cm³/mol. The van der Waals surface area contributed by atoms with Crippen LogP contribution in [0.5, 0.6) is 5.75 Å². The summed E-state index contributed by atoms with van der Waals surface area (Å²) in [6.45, 7) is 2.31. The number of hydrogen-bond donors (Lipinski definition) is 1. The number of ether oxygens (including phenoxy) is 1. The van der Waals surface area contributed by atoms with E-state index in [0.717, 1.165) is 49.4 Å². The number of nitrogens with one attached hydrogen (secondary N) is 1. The molecule has 2 aromatic rings. The number of imide groups is 1. The lowest BCUT2D eigenvalue weighted by Gasteiger charge is -2.48. The maximum Gasteiger partial charge on any atom is 0.255 e. The standard InChI is InChI=1S/C26H29N5O4/c32-24-10-9-22(25(33)28-24)31-15-16-12-18(7-8-19(16)26(31)34)35-23-6-2-1-5-21(23)30-13-17(14-30)20-4-3-11-27-29-20/h3-4,7-8,11-12,17,21-23H,1-2,5-6,9-10,13-15H2,(H,28,32,33)/t21-,22?,23+/m1/s1. The molecule has 1 aromatic carbocycles. The zero-order valence-corrected chi connectivity index (χ0v) is 19.6. The van der Waals surface area contributed by atoms with E-state index in [1.54, 1.807) is 11.1 Å². The van der Waals surface area contributed by atoms with E-state index in [4.69, 9.17) is 4.74 Å². The number of amides is 3. The smallest absolute Gasteiger partial charge is 0.255 e. The number of likely N-dealkylation sites (tertiary alicyclic amines) is 1. The lowest BCUT2D eigenvalue weighted by molar-refractivity contribution is -0.136. The molecule has 3 atom stereocenters. The number of benzene rings is 1. The summed E-state index contributed by atoms with van der Waals surface area (Å²) in [6.07, 6.45) is 6.91. The van der Waals surface area contributed by atoms with Crippen LogP contribution in [0.2, 0.25) is 0 Å². The summed E-state index contributed by atoms with van der Waals surface area (Å²) < 4.78 is 6.52. The van der Waals surface area contributed by atoms with Gasteiger partial charge in [0.25, 0.3) is 5.91 Å². The summed E-state index contributed by atoms with van der Waals surface area (Å²) in [7, 11) is 0. The van der Waals surface area contributed by atoms with E-state index in [1.807, 2.05) is 30.3 Å². The van der Waals surface area contributed by atoms with Crippen LogP contribution in [0.4, 0.5) is 0 Å². The van der Waals surface area contributed by atoms with Crippen LogP contribution < -0.4 is 10.1 Å². The van der Waals surface area contributed by atoms with Gasteiger partial charge < -0.3 is 9.64 Å². The number of rotatable bonds is 5. The van der Waals surface area contributed by atoms with Crippen molar-refractivity contribution in [1.82, 2.24) is 25.3 Å². The minimum atomic E-state index is -0.603. The van der Waals surface area contributed by atoms with Gasteiger partial charge in [-0.2, -0.15) is 10.2 Å². The van der Waals surface area contributed by atoms with E-state index in [9.17, 15) is 14.4 Å². The Balaban J connectivity index is 1.12. The Morgan fingerprint density at radius 3 is 2.69 bits per heavy atom. The third-order valence-electron chi connectivity index (χ3n) is 7.84. The SMILES string of the molecule is O=C1CCC(N2Cc3cc(O[C@H]4CCCC[C@H]4N4CC(c5cccnn5)C4)ccc3C2=O)C(=O)N1. The van der Waals surface area contributed by atoms with Gasteiger partial charge in [0.05, 0.1) is 5.69 Å². The van der Waals surface area contributed by atoms with Crippen LogP contribution in [0.3, 0.4) is 0 Å². The highest BCUT2D eigenvalue weighted by Crippen LogP contribution is 2.36. The van der Waals surface area contributed by atoms with Gasteiger partial charge in [-0.1, -0.05) is 6.42 Å². The molecule has 1 saturated carbocycles. The van der Waals surface area contributed by atoms with Crippen molar-refractivity contribution in [2.75, 3.05) is 13.1 Å². The molecule has 0 bridgehead atoms. The second-order valence-corrected chi connectivity index (χ2v) is 10.0. The molecule has 3 fully saturated rings. The van der Waals surface area contributed by atoms with Gasteiger partial charge in [-0.05, 0) is 61.6 Å². The quantitative estimate of drug-likeness (QED) is 0.660. The minimum absolute atomic E-state index is 0.105. The third-order valence-corrected chi connectivity index (χ3v) is 7.84.